The van der Waals surface area contributed by atoms with Crippen LogP contribution < -0.4 is 10.1 Å². The summed E-state index contributed by atoms with van der Waals surface area (Å²) in [6.07, 6.45) is 2.02. The molecule has 0 radical (unpaired) electrons. The number of ether oxygens (including phenoxy) is 1. The van der Waals surface area contributed by atoms with Crippen LogP contribution in [0.4, 0.5) is 0 Å². The summed E-state index contributed by atoms with van der Waals surface area (Å²) in [5.74, 6) is 0.422. The van der Waals surface area contributed by atoms with Gasteiger partial charge >= 0.3 is 0 Å². The van der Waals surface area contributed by atoms with Gasteiger partial charge in [-0.3, -0.25) is 4.79 Å². The summed E-state index contributed by atoms with van der Waals surface area (Å²) < 4.78 is 7.54. The molecule has 6 heteroatoms. The summed E-state index contributed by atoms with van der Waals surface area (Å²) in [5, 5.41) is 7.41. The third kappa shape index (κ3) is 5.59. The van der Waals surface area contributed by atoms with E-state index in [-0.39, 0.29) is 5.91 Å². The van der Waals surface area contributed by atoms with E-state index in [9.17, 15) is 4.79 Å². The van der Waals surface area contributed by atoms with Crippen LogP contribution >= 0.6 is 0 Å². The maximum absolute atomic E-state index is 12.5. The molecular formula is C20H30N4O2. The largest absolute Gasteiger partial charge is 0.478 e. The Bertz CT molecular complexity index is 666. The molecule has 0 atom stereocenters. The van der Waals surface area contributed by atoms with E-state index in [0.717, 1.165) is 38.2 Å². The minimum atomic E-state index is -0.174. The van der Waals surface area contributed by atoms with E-state index in [2.05, 4.69) is 36.1 Å². The van der Waals surface area contributed by atoms with Crippen LogP contribution in [0.2, 0.25) is 0 Å². The van der Waals surface area contributed by atoms with Gasteiger partial charge in [0.05, 0.1) is 12.3 Å². The number of aromatic nitrogens is 2. The number of carbonyl (C=O) groups excluding carboxylic acids is 1. The number of nitrogens with one attached hydrogen (secondary N) is 1. The van der Waals surface area contributed by atoms with Gasteiger partial charge in [0, 0.05) is 19.2 Å². The molecule has 142 valence electrons. The van der Waals surface area contributed by atoms with E-state index in [1.54, 1.807) is 10.7 Å². The SMILES string of the molecule is CCCCOc1cc(C(=O)NCCN(CC)CC)nn1-c1ccccc1. The molecule has 26 heavy (non-hydrogen) atoms. The van der Waals surface area contributed by atoms with Crippen LogP contribution in [0.3, 0.4) is 0 Å². The van der Waals surface area contributed by atoms with Crippen molar-refractivity contribution in [3.05, 3.63) is 42.1 Å². The fourth-order valence-electron chi connectivity index (χ4n) is 2.61. The molecule has 0 aliphatic rings. The summed E-state index contributed by atoms with van der Waals surface area (Å²) in [7, 11) is 0. The Balaban J connectivity index is 2.09. The highest BCUT2D eigenvalue weighted by Gasteiger charge is 2.16. The van der Waals surface area contributed by atoms with Gasteiger partial charge in [-0.05, 0) is 31.6 Å². The minimum absolute atomic E-state index is 0.174. The molecule has 2 rings (SSSR count). The average Bonchev–Trinajstić information content (AvgIpc) is 3.10. The van der Waals surface area contributed by atoms with Crippen LogP contribution in [0.15, 0.2) is 36.4 Å². The Labute approximate surface area is 156 Å². The fraction of sp³-hybridized carbons (Fsp3) is 0.500. The van der Waals surface area contributed by atoms with Gasteiger partial charge in [0.15, 0.2) is 5.69 Å². The number of likely N-dealkylation sites (N-methyl/N-ethyl adjacent to an activating group) is 1. The van der Waals surface area contributed by atoms with E-state index in [4.69, 9.17) is 4.74 Å². The van der Waals surface area contributed by atoms with E-state index in [1.807, 2.05) is 30.3 Å². The molecule has 0 saturated carbocycles. The van der Waals surface area contributed by atoms with Crippen LogP contribution in [-0.4, -0.2) is 53.4 Å². The van der Waals surface area contributed by atoms with Crippen molar-refractivity contribution in [2.24, 2.45) is 0 Å². The van der Waals surface area contributed by atoms with E-state index < -0.39 is 0 Å². The molecule has 1 aromatic heterocycles. The maximum atomic E-state index is 12.5. The van der Waals surface area contributed by atoms with Gasteiger partial charge in [-0.25, -0.2) is 4.68 Å². The second-order valence-electron chi connectivity index (χ2n) is 6.10. The molecule has 0 aliphatic heterocycles. The zero-order valence-electron chi connectivity index (χ0n) is 16.1. The Kier molecular flexibility index (Phi) is 8.15. The zero-order valence-corrected chi connectivity index (χ0v) is 16.1. The second-order valence-corrected chi connectivity index (χ2v) is 6.10. The monoisotopic (exact) mass is 358 g/mol. The second kappa shape index (κ2) is 10.6. The molecule has 0 unspecified atom stereocenters. The van der Waals surface area contributed by atoms with Crippen LogP contribution in [0, 0.1) is 0 Å². The fourth-order valence-corrected chi connectivity index (χ4v) is 2.61. The van der Waals surface area contributed by atoms with Crippen molar-refractivity contribution in [2.75, 3.05) is 32.8 Å². The molecular weight excluding hydrogens is 328 g/mol. The predicted octanol–water partition coefficient (Wildman–Crippen LogP) is 3.12. The predicted molar refractivity (Wildman–Crippen MR) is 104 cm³/mol. The number of hydrogen-bond acceptors (Lipinski definition) is 4. The maximum Gasteiger partial charge on any atom is 0.271 e. The Morgan fingerprint density at radius 2 is 1.92 bits per heavy atom. The molecule has 0 fully saturated rings. The first-order valence-electron chi connectivity index (χ1n) is 9.48. The topological polar surface area (TPSA) is 59.4 Å². The van der Waals surface area contributed by atoms with Crippen molar-refractivity contribution in [3.8, 4) is 11.6 Å². The van der Waals surface area contributed by atoms with Gasteiger partial charge < -0.3 is 15.0 Å². The van der Waals surface area contributed by atoms with Crippen LogP contribution in [0.25, 0.3) is 5.69 Å². The zero-order chi connectivity index (χ0) is 18.8. The molecule has 0 aliphatic carbocycles. The quantitative estimate of drug-likeness (QED) is 0.627. The van der Waals surface area contributed by atoms with Crippen molar-refractivity contribution < 1.29 is 9.53 Å². The highest BCUT2D eigenvalue weighted by molar-refractivity contribution is 5.92. The molecule has 0 bridgehead atoms. The number of benzene rings is 1. The first-order valence-corrected chi connectivity index (χ1v) is 9.48. The number of nitrogens with zero attached hydrogens (tertiary/aromatic N) is 3. The Hall–Kier alpha value is -2.34. The smallest absolute Gasteiger partial charge is 0.271 e. The third-order valence-corrected chi connectivity index (χ3v) is 4.27. The van der Waals surface area contributed by atoms with Crippen molar-refractivity contribution >= 4 is 5.91 Å². The first-order chi connectivity index (χ1) is 12.7. The number of rotatable bonds is 11. The van der Waals surface area contributed by atoms with E-state index in [0.29, 0.717) is 24.7 Å². The Morgan fingerprint density at radius 1 is 1.19 bits per heavy atom. The average molecular weight is 358 g/mol. The van der Waals surface area contributed by atoms with E-state index in [1.165, 1.54) is 0 Å². The lowest BCUT2D eigenvalue weighted by Crippen LogP contribution is -2.35. The number of hydrogen-bond donors (Lipinski definition) is 1. The van der Waals surface area contributed by atoms with Crippen molar-refractivity contribution in [1.29, 1.82) is 0 Å². The summed E-state index contributed by atoms with van der Waals surface area (Å²) in [5.41, 5.74) is 1.25. The molecule has 1 amide bonds. The molecule has 0 spiro atoms. The summed E-state index contributed by atoms with van der Waals surface area (Å²) in [4.78, 5) is 14.7. The van der Waals surface area contributed by atoms with Gasteiger partial charge in [0.2, 0.25) is 5.88 Å². The highest BCUT2D eigenvalue weighted by Crippen LogP contribution is 2.20. The van der Waals surface area contributed by atoms with E-state index >= 15 is 0 Å². The van der Waals surface area contributed by atoms with Crippen LogP contribution in [-0.2, 0) is 0 Å². The van der Waals surface area contributed by atoms with Gasteiger partial charge in [-0.2, -0.15) is 5.10 Å². The number of unbranched alkanes of at least 4 members (excludes halogenated alkanes) is 1. The lowest BCUT2D eigenvalue weighted by molar-refractivity contribution is 0.0943. The molecule has 1 heterocycles. The van der Waals surface area contributed by atoms with Gasteiger partial charge in [-0.15, -0.1) is 0 Å². The first kappa shape index (κ1) is 20.0. The minimum Gasteiger partial charge on any atom is -0.478 e. The summed E-state index contributed by atoms with van der Waals surface area (Å²) in [6.45, 7) is 10.3. The summed E-state index contributed by atoms with van der Waals surface area (Å²) in [6, 6.07) is 11.4. The van der Waals surface area contributed by atoms with Crippen LogP contribution in [0.5, 0.6) is 5.88 Å². The van der Waals surface area contributed by atoms with Gasteiger partial charge in [0.25, 0.3) is 5.91 Å². The third-order valence-electron chi connectivity index (χ3n) is 4.27. The van der Waals surface area contributed by atoms with Crippen molar-refractivity contribution in [3.63, 3.8) is 0 Å². The lowest BCUT2D eigenvalue weighted by Gasteiger charge is -2.17. The summed E-state index contributed by atoms with van der Waals surface area (Å²) >= 11 is 0. The lowest BCUT2D eigenvalue weighted by atomic mass is 10.3. The highest BCUT2D eigenvalue weighted by atomic mass is 16.5. The van der Waals surface area contributed by atoms with Gasteiger partial charge in [0.1, 0.15) is 0 Å². The number of carbonyl (C=O) groups is 1. The van der Waals surface area contributed by atoms with Crippen molar-refractivity contribution in [2.45, 2.75) is 33.6 Å². The number of amides is 1. The van der Waals surface area contributed by atoms with Crippen LogP contribution in [0.1, 0.15) is 44.1 Å². The molecule has 0 saturated heterocycles. The molecule has 1 N–H and O–H groups in total. The standard InChI is InChI=1S/C20H30N4O2/c1-4-7-15-26-19-16-18(20(25)21-13-14-23(5-2)6-3)22-24(19)17-11-9-8-10-12-17/h8-12,16H,4-7,13-15H2,1-3H3,(H,21,25). The normalized spacial score (nSPS) is 10.9. The molecule has 2 aromatic rings. The van der Waals surface area contributed by atoms with Gasteiger partial charge in [-0.1, -0.05) is 45.4 Å². The molecule has 1 aromatic carbocycles. The van der Waals surface area contributed by atoms with Crippen molar-refractivity contribution in [1.82, 2.24) is 20.0 Å². The molecule has 6 nitrogen and oxygen atoms in total. The number of para-hydroxylation sites is 1. The Morgan fingerprint density at radius 3 is 2.58 bits per heavy atom.